The first-order chi connectivity index (χ1) is 15.9. The number of nitrogens with zero attached hydrogens (tertiary/aromatic N) is 1. The van der Waals surface area contributed by atoms with Crippen molar-refractivity contribution < 1.29 is 22.7 Å². The number of ether oxygens (including phenoxy) is 1. The van der Waals surface area contributed by atoms with Gasteiger partial charge < -0.3 is 15.0 Å². The number of fused-ring (bicyclic) bond motifs is 1. The number of cyclic esters (lactones) is 1. The smallest absolute Gasteiger partial charge is 0.416 e. The molecule has 1 unspecified atom stereocenters. The van der Waals surface area contributed by atoms with E-state index in [0.717, 1.165) is 43.5 Å². The second-order valence-electron chi connectivity index (χ2n) is 8.34. The topological polar surface area (TPSA) is 41.6 Å². The van der Waals surface area contributed by atoms with E-state index in [9.17, 15) is 18.0 Å². The van der Waals surface area contributed by atoms with E-state index in [1.165, 1.54) is 12.1 Å². The zero-order chi connectivity index (χ0) is 23.0. The fourth-order valence-electron chi connectivity index (χ4n) is 4.55. The second kappa shape index (κ2) is 8.56. The van der Waals surface area contributed by atoms with Crippen LogP contribution < -0.4 is 10.2 Å². The molecule has 0 aromatic heterocycles. The van der Waals surface area contributed by atoms with Crippen molar-refractivity contribution in [3.63, 3.8) is 0 Å². The van der Waals surface area contributed by atoms with Crippen LogP contribution in [-0.2, 0) is 17.3 Å². The fraction of sp³-hybridized carbons (Fsp3) is 0.269. The maximum atomic E-state index is 13.4. The lowest BCUT2D eigenvalue weighted by atomic mass is 9.91. The summed E-state index contributed by atoms with van der Waals surface area (Å²) in [6.07, 6.45) is -4.67. The highest BCUT2D eigenvalue weighted by atomic mass is 19.4. The van der Waals surface area contributed by atoms with Crippen LogP contribution in [0.25, 0.3) is 11.1 Å². The SMILES string of the molecule is O=C1OC(Cc2ccc(C(F)(F)F)cc2-c2ccccc2)c2ccc(N3CCNCC3)cc21. The molecule has 170 valence electrons. The minimum Gasteiger partial charge on any atom is -0.454 e. The molecule has 0 amide bonds. The maximum Gasteiger partial charge on any atom is 0.416 e. The largest absolute Gasteiger partial charge is 0.454 e. The van der Waals surface area contributed by atoms with Crippen LogP contribution in [0.3, 0.4) is 0 Å². The Kier molecular flexibility index (Phi) is 5.58. The summed E-state index contributed by atoms with van der Waals surface area (Å²) in [7, 11) is 0. The number of carbonyl (C=O) groups is 1. The third-order valence-corrected chi connectivity index (χ3v) is 6.26. The molecule has 3 aromatic carbocycles. The normalized spacial score (nSPS) is 18.2. The molecule has 1 atom stereocenters. The molecule has 2 aliphatic rings. The van der Waals surface area contributed by atoms with E-state index in [4.69, 9.17) is 4.74 Å². The summed E-state index contributed by atoms with van der Waals surface area (Å²) >= 11 is 0. The third-order valence-electron chi connectivity index (χ3n) is 6.26. The molecule has 3 aromatic rings. The molecule has 0 aliphatic carbocycles. The molecular formula is C26H23F3N2O2. The summed E-state index contributed by atoms with van der Waals surface area (Å²) in [6.45, 7) is 3.51. The Hall–Kier alpha value is -3.32. The molecule has 2 heterocycles. The summed E-state index contributed by atoms with van der Waals surface area (Å²) in [6, 6.07) is 18.5. The van der Waals surface area contributed by atoms with Crippen molar-refractivity contribution in [3.8, 4) is 11.1 Å². The van der Waals surface area contributed by atoms with Crippen LogP contribution in [-0.4, -0.2) is 32.1 Å². The number of hydrogen-bond donors (Lipinski definition) is 1. The molecule has 0 bridgehead atoms. The maximum absolute atomic E-state index is 13.4. The van der Waals surface area contributed by atoms with Crippen LogP contribution in [0, 0.1) is 0 Å². The van der Waals surface area contributed by atoms with E-state index in [0.29, 0.717) is 28.7 Å². The first kappa shape index (κ1) is 21.5. The predicted octanol–water partition coefficient (Wildman–Crippen LogP) is 5.24. The number of rotatable bonds is 4. The molecule has 33 heavy (non-hydrogen) atoms. The van der Waals surface area contributed by atoms with E-state index in [-0.39, 0.29) is 5.97 Å². The Morgan fingerprint density at radius 1 is 0.939 bits per heavy atom. The Balaban J connectivity index is 1.47. The molecule has 4 nitrogen and oxygen atoms in total. The van der Waals surface area contributed by atoms with Gasteiger partial charge in [-0.05, 0) is 41.0 Å². The first-order valence-electron chi connectivity index (χ1n) is 11.0. The Bertz CT molecular complexity index is 1170. The van der Waals surface area contributed by atoms with Crippen molar-refractivity contribution in [2.75, 3.05) is 31.1 Å². The van der Waals surface area contributed by atoms with Crippen molar-refractivity contribution in [3.05, 3.63) is 89.0 Å². The van der Waals surface area contributed by atoms with Crippen LogP contribution in [0.4, 0.5) is 18.9 Å². The number of carbonyl (C=O) groups excluding carboxylic acids is 1. The Labute approximate surface area is 190 Å². The predicted molar refractivity (Wildman–Crippen MR) is 120 cm³/mol. The molecule has 0 radical (unpaired) electrons. The molecular weight excluding hydrogens is 429 g/mol. The average molecular weight is 452 g/mol. The minimum atomic E-state index is -4.44. The lowest BCUT2D eigenvalue weighted by molar-refractivity contribution is -0.137. The van der Waals surface area contributed by atoms with Crippen LogP contribution in [0.2, 0.25) is 0 Å². The zero-order valence-electron chi connectivity index (χ0n) is 17.9. The minimum absolute atomic E-state index is 0.300. The highest BCUT2D eigenvalue weighted by Gasteiger charge is 2.34. The number of nitrogens with one attached hydrogen (secondary N) is 1. The van der Waals surface area contributed by atoms with Crippen LogP contribution in [0.15, 0.2) is 66.7 Å². The van der Waals surface area contributed by atoms with Gasteiger partial charge >= 0.3 is 12.1 Å². The van der Waals surface area contributed by atoms with E-state index in [1.54, 1.807) is 24.3 Å². The van der Waals surface area contributed by atoms with Gasteiger partial charge in [-0.15, -0.1) is 0 Å². The summed E-state index contributed by atoms with van der Waals surface area (Å²) in [5.41, 5.74) is 3.47. The van der Waals surface area contributed by atoms with Gasteiger partial charge in [0.2, 0.25) is 0 Å². The van der Waals surface area contributed by atoms with Gasteiger partial charge in [0, 0.05) is 43.9 Å². The number of esters is 1. The van der Waals surface area contributed by atoms with Gasteiger partial charge in [-0.3, -0.25) is 0 Å². The van der Waals surface area contributed by atoms with E-state index in [2.05, 4.69) is 10.2 Å². The van der Waals surface area contributed by atoms with Gasteiger partial charge in [-0.2, -0.15) is 13.2 Å². The van der Waals surface area contributed by atoms with E-state index >= 15 is 0 Å². The molecule has 1 fully saturated rings. The van der Waals surface area contributed by atoms with Crippen molar-refractivity contribution in [2.45, 2.75) is 18.7 Å². The molecule has 0 spiro atoms. The van der Waals surface area contributed by atoms with Crippen LogP contribution in [0.1, 0.15) is 33.2 Å². The van der Waals surface area contributed by atoms with E-state index in [1.807, 2.05) is 24.3 Å². The lowest BCUT2D eigenvalue weighted by Gasteiger charge is -2.29. The number of piperazine rings is 1. The number of benzene rings is 3. The lowest BCUT2D eigenvalue weighted by Crippen LogP contribution is -2.43. The van der Waals surface area contributed by atoms with Crippen molar-refractivity contribution in [2.24, 2.45) is 0 Å². The zero-order valence-corrected chi connectivity index (χ0v) is 17.9. The molecule has 1 N–H and O–H groups in total. The third kappa shape index (κ3) is 4.33. The molecule has 7 heteroatoms. The quantitative estimate of drug-likeness (QED) is 0.550. The Morgan fingerprint density at radius 2 is 1.70 bits per heavy atom. The van der Waals surface area contributed by atoms with Crippen LogP contribution >= 0.6 is 0 Å². The van der Waals surface area contributed by atoms with Gasteiger partial charge in [-0.1, -0.05) is 42.5 Å². The summed E-state index contributed by atoms with van der Waals surface area (Å²) < 4.78 is 45.8. The monoisotopic (exact) mass is 452 g/mol. The second-order valence-corrected chi connectivity index (χ2v) is 8.34. The molecule has 5 rings (SSSR count). The number of hydrogen-bond acceptors (Lipinski definition) is 4. The van der Waals surface area contributed by atoms with Gasteiger partial charge in [0.25, 0.3) is 0 Å². The number of halogens is 3. The molecule has 0 saturated carbocycles. The highest BCUT2D eigenvalue weighted by molar-refractivity contribution is 5.95. The number of alkyl halides is 3. The first-order valence-corrected chi connectivity index (χ1v) is 11.0. The van der Waals surface area contributed by atoms with Gasteiger partial charge in [-0.25, -0.2) is 4.79 Å². The van der Waals surface area contributed by atoms with Crippen molar-refractivity contribution in [1.29, 1.82) is 0 Å². The molecule has 1 saturated heterocycles. The fourth-order valence-corrected chi connectivity index (χ4v) is 4.55. The molecule has 2 aliphatic heterocycles. The van der Waals surface area contributed by atoms with Crippen molar-refractivity contribution >= 4 is 11.7 Å². The summed E-state index contributed by atoms with van der Waals surface area (Å²) in [4.78, 5) is 14.9. The summed E-state index contributed by atoms with van der Waals surface area (Å²) in [5, 5.41) is 3.31. The Morgan fingerprint density at radius 3 is 2.42 bits per heavy atom. The van der Waals surface area contributed by atoms with Gasteiger partial charge in [0.15, 0.2) is 0 Å². The number of anilines is 1. The van der Waals surface area contributed by atoms with Crippen LogP contribution in [0.5, 0.6) is 0 Å². The van der Waals surface area contributed by atoms with Gasteiger partial charge in [0.1, 0.15) is 6.10 Å². The van der Waals surface area contributed by atoms with E-state index < -0.39 is 17.8 Å². The highest BCUT2D eigenvalue weighted by Crippen LogP contribution is 2.39. The standard InChI is InChI=1S/C26H23F3N2O2/c27-26(28,29)19-7-6-18(22(15-19)17-4-2-1-3-5-17)14-24-21-9-8-20(16-23(21)25(32)33-24)31-12-10-30-11-13-31/h1-9,15-16,24,30H,10-14H2. The van der Waals surface area contributed by atoms with Crippen molar-refractivity contribution in [1.82, 2.24) is 5.32 Å². The average Bonchev–Trinajstić information content (AvgIpc) is 3.14. The van der Waals surface area contributed by atoms with Gasteiger partial charge in [0.05, 0.1) is 11.1 Å². The summed E-state index contributed by atoms with van der Waals surface area (Å²) in [5.74, 6) is -0.389.